The van der Waals surface area contributed by atoms with Crippen molar-refractivity contribution in [1.82, 2.24) is 0 Å². The largest absolute Gasteiger partial charge is 0.450 e. The highest BCUT2D eigenvalue weighted by Crippen LogP contribution is 2.29. The molecule has 0 saturated heterocycles. The van der Waals surface area contributed by atoms with Crippen LogP contribution in [0.3, 0.4) is 0 Å². The maximum Gasteiger partial charge on any atom is 0.333 e. The van der Waals surface area contributed by atoms with Crippen LogP contribution in [-0.2, 0) is 20.7 Å². The molecule has 130 valence electrons. The van der Waals surface area contributed by atoms with Crippen molar-refractivity contribution in [2.45, 2.75) is 45.1 Å². The third kappa shape index (κ3) is 5.82. The topological polar surface area (TPSA) is 35.5 Å². The van der Waals surface area contributed by atoms with Gasteiger partial charge in [0, 0.05) is 31.6 Å². The van der Waals surface area contributed by atoms with Gasteiger partial charge in [0.05, 0.1) is 5.57 Å². The van der Waals surface area contributed by atoms with Crippen molar-refractivity contribution in [3.8, 4) is 23.7 Å². The van der Waals surface area contributed by atoms with Gasteiger partial charge < -0.3 is 9.47 Å². The molecule has 1 atom stereocenters. The van der Waals surface area contributed by atoms with Gasteiger partial charge in [-0.3, -0.25) is 0 Å². The molecule has 1 aliphatic rings. The van der Waals surface area contributed by atoms with E-state index in [0.29, 0.717) is 0 Å². The third-order valence-electron chi connectivity index (χ3n) is 3.93. The number of esters is 1. The lowest BCUT2D eigenvalue weighted by molar-refractivity contribution is -0.151. The second-order valence-electron chi connectivity index (χ2n) is 5.78. The number of methoxy groups -OCH3 is 1. The molecule has 1 unspecified atom stereocenters. The monoisotopic (exact) mass is 336 g/mol. The van der Waals surface area contributed by atoms with Gasteiger partial charge in [0.25, 0.3) is 0 Å². The van der Waals surface area contributed by atoms with Crippen LogP contribution in [0.25, 0.3) is 0 Å². The Morgan fingerprint density at radius 3 is 2.72 bits per heavy atom. The first kappa shape index (κ1) is 18.8. The van der Waals surface area contributed by atoms with E-state index in [1.807, 2.05) is 24.3 Å². The molecule has 0 radical (unpaired) electrons. The SMILES string of the molecule is CCc1ccccc1C(OC(=O)COC)C1=CC#CCCCCC#C1. The second kappa shape index (κ2) is 10.4. The van der Waals surface area contributed by atoms with Crippen LogP contribution in [0.5, 0.6) is 0 Å². The highest BCUT2D eigenvalue weighted by atomic mass is 16.6. The number of hydrogen-bond donors (Lipinski definition) is 0. The number of aryl methyl sites for hydroxylation is 1. The number of ether oxygens (including phenoxy) is 2. The minimum atomic E-state index is -0.556. The lowest BCUT2D eigenvalue weighted by Gasteiger charge is -2.20. The van der Waals surface area contributed by atoms with Crippen LogP contribution in [0, 0.1) is 23.7 Å². The Hall–Kier alpha value is -2.49. The summed E-state index contributed by atoms with van der Waals surface area (Å²) in [6, 6.07) is 7.97. The smallest absolute Gasteiger partial charge is 0.333 e. The molecule has 2 rings (SSSR count). The minimum absolute atomic E-state index is 0.0861. The van der Waals surface area contributed by atoms with Crippen LogP contribution in [0.2, 0.25) is 0 Å². The molecule has 1 aliphatic carbocycles. The van der Waals surface area contributed by atoms with Crippen LogP contribution in [0.4, 0.5) is 0 Å². The van der Waals surface area contributed by atoms with Gasteiger partial charge >= 0.3 is 5.97 Å². The van der Waals surface area contributed by atoms with E-state index in [2.05, 4.69) is 30.6 Å². The van der Waals surface area contributed by atoms with E-state index < -0.39 is 12.1 Å². The van der Waals surface area contributed by atoms with E-state index in [-0.39, 0.29) is 6.61 Å². The van der Waals surface area contributed by atoms with Gasteiger partial charge in [-0.1, -0.05) is 54.9 Å². The molecular formula is C22H24O3. The van der Waals surface area contributed by atoms with Gasteiger partial charge in [0.2, 0.25) is 0 Å². The van der Waals surface area contributed by atoms with Crippen molar-refractivity contribution in [1.29, 1.82) is 0 Å². The van der Waals surface area contributed by atoms with E-state index in [4.69, 9.17) is 9.47 Å². The molecule has 0 saturated carbocycles. The van der Waals surface area contributed by atoms with E-state index >= 15 is 0 Å². The number of benzene rings is 1. The highest BCUT2D eigenvalue weighted by Gasteiger charge is 2.22. The van der Waals surface area contributed by atoms with Gasteiger partial charge in [0.15, 0.2) is 6.10 Å². The summed E-state index contributed by atoms with van der Waals surface area (Å²) >= 11 is 0. The van der Waals surface area contributed by atoms with E-state index in [1.54, 1.807) is 6.08 Å². The predicted octanol–water partition coefficient (Wildman–Crippen LogP) is 3.99. The van der Waals surface area contributed by atoms with Crippen LogP contribution in [-0.4, -0.2) is 19.7 Å². The van der Waals surface area contributed by atoms with Gasteiger partial charge in [-0.15, -0.1) is 0 Å². The molecule has 0 heterocycles. The van der Waals surface area contributed by atoms with Crippen LogP contribution in [0.15, 0.2) is 35.9 Å². The number of allylic oxidation sites excluding steroid dienone is 1. The number of hydrogen-bond acceptors (Lipinski definition) is 3. The summed E-state index contributed by atoms with van der Waals surface area (Å²) in [6.45, 7) is 2.00. The van der Waals surface area contributed by atoms with Crippen molar-refractivity contribution in [2.75, 3.05) is 13.7 Å². The summed E-state index contributed by atoms with van der Waals surface area (Å²) in [7, 11) is 1.48. The molecule has 3 nitrogen and oxygen atoms in total. The number of carbonyl (C=O) groups is 1. The van der Waals surface area contributed by atoms with Crippen molar-refractivity contribution >= 4 is 5.97 Å². The standard InChI is InChI=1S/C22H24O3/c1-3-18-13-11-12-16-20(18)22(25-21(23)17-24-2)19-14-9-7-5-4-6-8-10-15-19/h11-13,15-16,22H,3-7,17H2,1-2H3. The lowest BCUT2D eigenvalue weighted by Crippen LogP contribution is -2.18. The zero-order chi connectivity index (χ0) is 17.9. The van der Waals surface area contributed by atoms with Crippen molar-refractivity contribution < 1.29 is 14.3 Å². The van der Waals surface area contributed by atoms with Crippen LogP contribution >= 0.6 is 0 Å². The minimum Gasteiger partial charge on any atom is -0.450 e. The molecule has 0 spiro atoms. The molecule has 0 aromatic heterocycles. The maximum atomic E-state index is 12.1. The lowest BCUT2D eigenvalue weighted by atomic mass is 9.94. The normalized spacial score (nSPS) is 14.9. The second-order valence-corrected chi connectivity index (χ2v) is 5.78. The van der Waals surface area contributed by atoms with Crippen molar-refractivity contribution in [3.63, 3.8) is 0 Å². The van der Waals surface area contributed by atoms with Gasteiger partial charge in [0.1, 0.15) is 6.61 Å². The summed E-state index contributed by atoms with van der Waals surface area (Å²) in [4.78, 5) is 12.1. The Kier molecular flexibility index (Phi) is 7.83. The van der Waals surface area contributed by atoms with Crippen molar-refractivity contribution in [2.24, 2.45) is 0 Å². The first-order valence-corrected chi connectivity index (χ1v) is 8.69. The molecular weight excluding hydrogens is 312 g/mol. The summed E-state index contributed by atoms with van der Waals surface area (Å²) in [5, 5.41) is 0. The summed E-state index contributed by atoms with van der Waals surface area (Å²) in [5.74, 6) is 12.2. The molecule has 1 aromatic carbocycles. The highest BCUT2D eigenvalue weighted by molar-refractivity contribution is 5.71. The van der Waals surface area contributed by atoms with Crippen LogP contribution < -0.4 is 0 Å². The van der Waals surface area contributed by atoms with Crippen LogP contribution in [0.1, 0.15) is 49.8 Å². The number of rotatable bonds is 6. The molecule has 0 amide bonds. The average Bonchev–Trinajstić information content (AvgIpc) is 2.64. The zero-order valence-corrected chi connectivity index (χ0v) is 14.9. The Labute approximate surface area is 150 Å². The molecule has 0 aliphatic heterocycles. The van der Waals surface area contributed by atoms with E-state index in [9.17, 15) is 4.79 Å². The molecule has 0 bridgehead atoms. The van der Waals surface area contributed by atoms with E-state index in [1.165, 1.54) is 7.11 Å². The Balaban J connectivity index is 2.44. The van der Waals surface area contributed by atoms with E-state index in [0.717, 1.165) is 48.8 Å². The predicted molar refractivity (Wildman–Crippen MR) is 98.6 cm³/mol. The summed E-state index contributed by atoms with van der Waals surface area (Å²) < 4.78 is 10.6. The quantitative estimate of drug-likeness (QED) is 0.582. The fourth-order valence-electron chi connectivity index (χ4n) is 2.66. The maximum absolute atomic E-state index is 12.1. The molecule has 0 fully saturated rings. The van der Waals surface area contributed by atoms with Gasteiger partial charge in [-0.25, -0.2) is 4.79 Å². The third-order valence-corrected chi connectivity index (χ3v) is 3.93. The summed E-state index contributed by atoms with van der Waals surface area (Å²) in [6.07, 6.45) is 5.87. The Bertz CT molecular complexity index is 738. The fourth-order valence-corrected chi connectivity index (χ4v) is 2.66. The first-order chi connectivity index (χ1) is 12.3. The molecule has 25 heavy (non-hydrogen) atoms. The first-order valence-electron chi connectivity index (χ1n) is 8.69. The zero-order valence-electron chi connectivity index (χ0n) is 14.9. The molecule has 3 heteroatoms. The Morgan fingerprint density at radius 1 is 1.20 bits per heavy atom. The molecule has 1 aromatic rings. The Morgan fingerprint density at radius 2 is 1.96 bits per heavy atom. The fraction of sp³-hybridized carbons (Fsp3) is 0.409. The molecule has 0 N–H and O–H groups in total. The summed E-state index contributed by atoms with van der Waals surface area (Å²) in [5.41, 5.74) is 2.80. The van der Waals surface area contributed by atoms with Gasteiger partial charge in [-0.05, 0) is 24.8 Å². The van der Waals surface area contributed by atoms with Gasteiger partial charge in [-0.2, -0.15) is 0 Å². The number of carbonyl (C=O) groups excluding carboxylic acids is 1. The van der Waals surface area contributed by atoms with Crippen molar-refractivity contribution in [3.05, 3.63) is 47.0 Å². The average molecular weight is 336 g/mol.